The van der Waals surface area contributed by atoms with Gasteiger partial charge in [0.1, 0.15) is 5.82 Å². The average molecular weight is 383 g/mol. The van der Waals surface area contributed by atoms with Crippen LogP contribution >= 0.6 is 0 Å². The molecule has 2 rings (SSSR count). The summed E-state index contributed by atoms with van der Waals surface area (Å²) in [4.78, 5) is 2.36. The molecule has 1 aromatic carbocycles. The summed E-state index contributed by atoms with van der Waals surface area (Å²) < 4.78 is 38.3. The van der Waals surface area contributed by atoms with Gasteiger partial charge < -0.3 is 0 Å². The van der Waals surface area contributed by atoms with Crippen LogP contribution < -0.4 is 0 Å². The summed E-state index contributed by atoms with van der Waals surface area (Å²) in [6.45, 7) is 11.0. The highest BCUT2D eigenvalue weighted by Gasteiger charge is 2.31. The third-order valence-electron chi connectivity index (χ3n) is 5.08. The van der Waals surface area contributed by atoms with Crippen LogP contribution in [0.25, 0.3) is 0 Å². The van der Waals surface area contributed by atoms with Gasteiger partial charge in [0, 0.05) is 32.2 Å². The van der Waals surface area contributed by atoms with Crippen molar-refractivity contribution in [2.45, 2.75) is 45.6 Å². The first-order valence-corrected chi connectivity index (χ1v) is 10.9. The number of halogens is 1. The maximum Gasteiger partial charge on any atom is 0.211 e. The molecular weight excluding hydrogens is 351 g/mol. The van der Waals surface area contributed by atoms with E-state index in [1.165, 1.54) is 24.0 Å². The summed E-state index contributed by atoms with van der Waals surface area (Å²) in [5.74, 6) is -0.220. The molecule has 0 aliphatic carbocycles. The summed E-state index contributed by atoms with van der Waals surface area (Å²) >= 11 is 0. The molecule has 1 unspecified atom stereocenters. The van der Waals surface area contributed by atoms with Crippen molar-refractivity contribution < 1.29 is 12.8 Å². The van der Waals surface area contributed by atoms with Gasteiger partial charge in [-0.15, -0.1) is 0 Å². The molecule has 4 nitrogen and oxygen atoms in total. The molecule has 0 aromatic heterocycles. The van der Waals surface area contributed by atoms with Crippen LogP contribution in [0.3, 0.4) is 0 Å². The molecular formula is C20H31FN2O2S. The van der Waals surface area contributed by atoms with Gasteiger partial charge in [-0.3, -0.25) is 4.90 Å². The molecule has 0 radical (unpaired) electrons. The molecule has 1 atom stereocenters. The Morgan fingerprint density at radius 1 is 1.15 bits per heavy atom. The number of rotatable bonds is 6. The molecule has 0 bridgehead atoms. The Hall–Kier alpha value is -1.24. The average Bonchev–Trinajstić information content (AvgIpc) is 2.53. The van der Waals surface area contributed by atoms with Gasteiger partial charge in [-0.1, -0.05) is 37.6 Å². The van der Waals surface area contributed by atoms with Gasteiger partial charge in [0.15, 0.2) is 0 Å². The fraction of sp³-hybridized carbons (Fsp3) is 0.600. The van der Waals surface area contributed by atoms with Crippen LogP contribution in [0.5, 0.6) is 0 Å². The number of sulfonamides is 1. The molecule has 26 heavy (non-hydrogen) atoms. The number of piperazine rings is 1. The molecule has 1 aliphatic rings. The van der Waals surface area contributed by atoms with E-state index in [9.17, 15) is 12.8 Å². The fourth-order valence-electron chi connectivity index (χ4n) is 3.59. The van der Waals surface area contributed by atoms with E-state index >= 15 is 0 Å². The summed E-state index contributed by atoms with van der Waals surface area (Å²) in [6, 6.07) is 6.96. The summed E-state index contributed by atoms with van der Waals surface area (Å²) in [5, 5.41) is 0. The van der Waals surface area contributed by atoms with E-state index < -0.39 is 10.0 Å². The molecule has 0 spiro atoms. The first-order valence-electron chi connectivity index (χ1n) is 9.09. The Morgan fingerprint density at radius 2 is 1.69 bits per heavy atom. The third kappa shape index (κ3) is 5.63. The Balaban J connectivity index is 2.15. The second kappa shape index (κ2) is 8.19. The first-order chi connectivity index (χ1) is 12.0. The molecule has 1 heterocycles. The molecule has 0 N–H and O–H groups in total. The highest BCUT2D eigenvalue weighted by molar-refractivity contribution is 7.88. The number of hydrogen-bond donors (Lipinski definition) is 0. The van der Waals surface area contributed by atoms with Crippen LogP contribution in [0.15, 0.2) is 35.9 Å². The van der Waals surface area contributed by atoms with Gasteiger partial charge in [-0.2, -0.15) is 4.31 Å². The van der Waals surface area contributed by atoms with Crippen LogP contribution in [0, 0.1) is 5.82 Å². The van der Waals surface area contributed by atoms with E-state index in [1.54, 1.807) is 4.31 Å². The van der Waals surface area contributed by atoms with E-state index in [0.29, 0.717) is 13.1 Å². The minimum absolute atomic E-state index is 0.113. The topological polar surface area (TPSA) is 40.6 Å². The van der Waals surface area contributed by atoms with Crippen molar-refractivity contribution in [2.75, 3.05) is 32.4 Å². The predicted octanol–water partition coefficient (Wildman–Crippen LogP) is 3.41. The van der Waals surface area contributed by atoms with Crippen LogP contribution in [-0.2, 0) is 15.4 Å². The Bertz CT molecular complexity index is 730. The highest BCUT2D eigenvalue weighted by atomic mass is 32.2. The zero-order valence-electron chi connectivity index (χ0n) is 16.5. The maximum atomic E-state index is 13.3. The fourth-order valence-corrected chi connectivity index (χ4v) is 4.41. The molecule has 1 aliphatic heterocycles. The molecule has 6 heteroatoms. The first kappa shape index (κ1) is 21.1. The van der Waals surface area contributed by atoms with Crippen LogP contribution in [-0.4, -0.2) is 56.1 Å². The van der Waals surface area contributed by atoms with E-state index in [2.05, 4.69) is 38.7 Å². The molecule has 1 fully saturated rings. The number of hydrogen-bond acceptors (Lipinski definition) is 3. The molecule has 0 saturated carbocycles. The number of allylic oxidation sites excluding steroid dienone is 1. The number of nitrogens with zero attached hydrogens (tertiary/aromatic N) is 2. The van der Waals surface area contributed by atoms with Crippen LogP contribution in [0.2, 0.25) is 0 Å². The zero-order valence-corrected chi connectivity index (χ0v) is 17.3. The smallest absolute Gasteiger partial charge is 0.211 e. The van der Waals surface area contributed by atoms with E-state index in [0.717, 1.165) is 25.1 Å². The summed E-state index contributed by atoms with van der Waals surface area (Å²) in [5.41, 5.74) is 2.24. The van der Waals surface area contributed by atoms with Gasteiger partial charge in [-0.05, 0) is 43.4 Å². The SMILES string of the molecule is CC(C)=CC(CC(C)(C)c1ccc(F)cc1)N1CCN(S(C)(=O)=O)CC1. The van der Waals surface area contributed by atoms with E-state index in [4.69, 9.17) is 0 Å². The van der Waals surface area contributed by atoms with Crippen molar-refractivity contribution in [3.63, 3.8) is 0 Å². The van der Waals surface area contributed by atoms with Crippen LogP contribution in [0.4, 0.5) is 4.39 Å². The van der Waals surface area contributed by atoms with Gasteiger partial charge in [0.05, 0.1) is 6.26 Å². The van der Waals surface area contributed by atoms with Crippen molar-refractivity contribution in [3.05, 3.63) is 47.3 Å². The highest BCUT2D eigenvalue weighted by Crippen LogP contribution is 2.31. The minimum atomic E-state index is -3.12. The maximum absolute atomic E-state index is 13.3. The summed E-state index contributed by atoms with van der Waals surface area (Å²) in [7, 11) is -3.12. The monoisotopic (exact) mass is 382 g/mol. The lowest BCUT2D eigenvalue weighted by Crippen LogP contribution is -2.52. The Morgan fingerprint density at radius 3 is 2.15 bits per heavy atom. The van der Waals surface area contributed by atoms with Gasteiger partial charge in [0.2, 0.25) is 10.0 Å². The van der Waals surface area contributed by atoms with Crippen molar-refractivity contribution in [3.8, 4) is 0 Å². The van der Waals surface area contributed by atoms with Crippen molar-refractivity contribution in [1.29, 1.82) is 0 Å². The second-order valence-corrected chi connectivity index (χ2v) is 10.1. The Kier molecular flexibility index (Phi) is 6.64. The van der Waals surface area contributed by atoms with Crippen molar-refractivity contribution >= 4 is 10.0 Å². The predicted molar refractivity (Wildman–Crippen MR) is 105 cm³/mol. The lowest BCUT2D eigenvalue weighted by Gasteiger charge is -2.40. The Labute approximate surface area is 157 Å². The minimum Gasteiger partial charge on any atom is -0.294 e. The lowest BCUT2D eigenvalue weighted by molar-refractivity contribution is 0.141. The molecule has 0 amide bonds. The second-order valence-electron chi connectivity index (χ2n) is 8.10. The van der Waals surface area contributed by atoms with Gasteiger partial charge in [0.25, 0.3) is 0 Å². The lowest BCUT2D eigenvalue weighted by atomic mass is 9.78. The van der Waals surface area contributed by atoms with Crippen molar-refractivity contribution in [2.24, 2.45) is 0 Å². The van der Waals surface area contributed by atoms with E-state index in [1.807, 2.05) is 12.1 Å². The zero-order chi connectivity index (χ0) is 19.5. The largest absolute Gasteiger partial charge is 0.294 e. The van der Waals surface area contributed by atoms with Gasteiger partial charge >= 0.3 is 0 Å². The molecule has 146 valence electrons. The quantitative estimate of drug-likeness (QED) is 0.708. The van der Waals surface area contributed by atoms with Crippen LogP contribution in [0.1, 0.15) is 39.7 Å². The molecule has 1 saturated heterocycles. The van der Waals surface area contributed by atoms with Crippen molar-refractivity contribution in [1.82, 2.24) is 9.21 Å². The summed E-state index contributed by atoms with van der Waals surface area (Å²) in [6.07, 6.45) is 4.43. The standard InChI is InChI=1S/C20H31FN2O2S/c1-16(2)14-19(22-10-12-23(13-11-22)26(5,24)25)15-20(3,4)17-6-8-18(21)9-7-17/h6-9,14,19H,10-13,15H2,1-5H3. The van der Waals surface area contributed by atoms with Gasteiger partial charge in [-0.25, -0.2) is 12.8 Å². The normalized spacial score (nSPS) is 18.5. The third-order valence-corrected chi connectivity index (χ3v) is 6.39. The number of benzene rings is 1. The molecule has 1 aromatic rings. The van der Waals surface area contributed by atoms with E-state index in [-0.39, 0.29) is 17.3 Å².